The quantitative estimate of drug-likeness (QED) is 0.127. The molecule has 4 aliphatic rings. The van der Waals surface area contributed by atoms with E-state index < -0.39 is 0 Å². The van der Waals surface area contributed by atoms with Crippen LogP contribution in [-0.2, 0) is 5.41 Å². The minimum Gasteiger partial charge on any atom is -0.458 e. The van der Waals surface area contributed by atoms with Crippen molar-refractivity contribution in [3.05, 3.63) is 282 Å². The van der Waals surface area contributed by atoms with Gasteiger partial charge in [0, 0.05) is 34.9 Å². The number of pyridine rings is 1. The van der Waals surface area contributed by atoms with Crippen molar-refractivity contribution >= 4 is 32.8 Å². The van der Waals surface area contributed by atoms with Crippen LogP contribution in [0.4, 0.5) is 0 Å². The molecule has 5 heteroatoms. The molecule has 0 fully saturated rings. The molecule has 0 unspecified atom stereocenters. The molecule has 3 aliphatic carbocycles. The summed E-state index contributed by atoms with van der Waals surface area (Å²) in [7, 11) is 0. The van der Waals surface area contributed by atoms with E-state index in [-0.39, 0.29) is 17.3 Å². The number of hydrogen-bond donors (Lipinski definition) is 0. The van der Waals surface area contributed by atoms with Gasteiger partial charge in [0.1, 0.15) is 17.3 Å². The number of para-hydroxylation sites is 3. The average molecular weight is 987 g/mol. The SMILES string of the molecule is CC(C)(C)c1ccnc(-n2c3ccccc3c3ccc(Oc4cccc(-n5[c-][n+]6c7c(cccc75)-c5cc(-c7ccc8c(c7)C7c9ccccc9C8c8ccccc87)ccc5-c5ccccc5-c5ccccc5-6)c4)cc32)c1. The fourth-order valence-electron chi connectivity index (χ4n) is 13.2. The van der Waals surface area contributed by atoms with Crippen molar-refractivity contribution in [2.75, 3.05) is 0 Å². The lowest BCUT2D eigenvalue weighted by molar-refractivity contribution is -0.571. The van der Waals surface area contributed by atoms with Gasteiger partial charge >= 0.3 is 0 Å². The van der Waals surface area contributed by atoms with Gasteiger partial charge in [0.2, 0.25) is 0 Å². The lowest BCUT2D eigenvalue weighted by atomic mass is 9.61. The molecule has 0 saturated heterocycles. The van der Waals surface area contributed by atoms with Gasteiger partial charge in [-0.2, -0.15) is 0 Å². The maximum absolute atomic E-state index is 6.87. The number of aromatic nitrogens is 4. The summed E-state index contributed by atoms with van der Waals surface area (Å²) in [5.74, 6) is 2.79. The summed E-state index contributed by atoms with van der Waals surface area (Å²) in [6.45, 7) is 6.73. The zero-order valence-electron chi connectivity index (χ0n) is 42.9. The highest BCUT2D eigenvalue weighted by Crippen LogP contribution is 2.56. The molecule has 0 atom stereocenters. The molecule has 0 spiro atoms. The lowest BCUT2D eigenvalue weighted by Crippen LogP contribution is -2.30. The minimum atomic E-state index is -0.0248. The molecule has 10 aromatic carbocycles. The van der Waals surface area contributed by atoms with Crippen LogP contribution in [0.15, 0.2) is 237 Å². The molecule has 0 N–H and O–H groups in total. The third kappa shape index (κ3) is 6.60. The van der Waals surface area contributed by atoms with Gasteiger partial charge in [-0.05, 0) is 156 Å². The average Bonchev–Trinajstić information content (AvgIpc) is 4.13. The maximum Gasteiger partial charge on any atom is 0.269 e. The Labute approximate surface area is 447 Å². The van der Waals surface area contributed by atoms with Gasteiger partial charge in [-0.1, -0.05) is 178 Å². The monoisotopic (exact) mass is 986 g/mol. The molecule has 13 aromatic rings. The number of rotatable bonds is 5. The summed E-state index contributed by atoms with van der Waals surface area (Å²) >= 11 is 0. The number of fused-ring (bicyclic) bond motifs is 10. The molecule has 77 heavy (non-hydrogen) atoms. The van der Waals surface area contributed by atoms with Crippen molar-refractivity contribution in [3.8, 4) is 73.2 Å². The molecule has 17 rings (SSSR count). The van der Waals surface area contributed by atoms with Gasteiger partial charge in [0.15, 0.2) is 0 Å². The van der Waals surface area contributed by atoms with Crippen LogP contribution in [0.2, 0.25) is 0 Å². The topological polar surface area (TPSA) is 35.9 Å². The van der Waals surface area contributed by atoms with Crippen LogP contribution in [0.5, 0.6) is 11.5 Å². The van der Waals surface area contributed by atoms with Gasteiger partial charge in [0.05, 0.1) is 33.4 Å². The summed E-state index contributed by atoms with van der Waals surface area (Å²) in [4.78, 5) is 4.92. The highest BCUT2D eigenvalue weighted by atomic mass is 16.5. The van der Waals surface area contributed by atoms with Crippen molar-refractivity contribution < 1.29 is 9.30 Å². The Hall–Kier alpha value is -9.58. The van der Waals surface area contributed by atoms with Crippen molar-refractivity contribution in [2.24, 2.45) is 0 Å². The molecule has 3 aromatic heterocycles. The number of imidazole rings is 1. The predicted molar refractivity (Wildman–Crippen MR) is 311 cm³/mol. The number of ether oxygens (including phenoxy) is 1. The lowest BCUT2D eigenvalue weighted by Gasteiger charge is -2.42. The zero-order chi connectivity index (χ0) is 51.1. The fraction of sp³-hybridized carbons (Fsp3) is 0.0833. The number of nitrogens with zero attached hydrogens (tertiary/aromatic N) is 4. The van der Waals surface area contributed by atoms with E-state index in [1.807, 2.05) is 12.3 Å². The van der Waals surface area contributed by atoms with Crippen LogP contribution in [0, 0.1) is 6.33 Å². The van der Waals surface area contributed by atoms with Crippen molar-refractivity contribution in [2.45, 2.75) is 38.0 Å². The van der Waals surface area contributed by atoms with E-state index in [9.17, 15) is 0 Å². The second kappa shape index (κ2) is 16.5. The first-order valence-corrected chi connectivity index (χ1v) is 26.8. The molecular formula is C72H50N4O. The van der Waals surface area contributed by atoms with E-state index in [1.54, 1.807) is 0 Å². The minimum absolute atomic E-state index is 0.0248. The highest BCUT2D eigenvalue weighted by Gasteiger charge is 2.41. The van der Waals surface area contributed by atoms with Crippen molar-refractivity contribution in [1.82, 2.24) is 14.1 Å². The molecular weight excluding hydrogens is 937 g/mol. The Morgan fingerprint density at radius 2 is 1.04 bits per heavy atom. The Balaban J connectivity index is 0.837. The predicted octanol–water partition coefficient (Wildman–Crippen LogP) is 17.3. The van der Waals surface area contributed by atoms with Gasteiger partial charge in [-0.3, -0.25) is 13.7 Å². The molecule has 2 bridgehead atoms. The molecule has 4 heterocycles. The van der Waals surface area contributed by atoms with Gasteiger partial charge < -0.3 is 4.74 Å². The van der Waals surface area contributed by atoms with Crippen LogP contribution < -0.4 is 9.30 Å². The summed E-state index contributed by atoms with van der Waals surface area (Å²) in [5, 5.41) is 2.32. The molecule has 1 aliphatic heterocycles. The van der Waals surface area contributed by atoms with Gasteiger partial charge in [-0.15, -0.1) is 0 Å². The second-order valence-electron chi connectivity index (χ2n) is 22.0. The van der Waals surface area contributed by atoms with Crippen LogP contribution in [0.25, 0.3) is 94.5 Å². The maximum atomic E-state index is 6.87. The molecule has 0 saturated carbocycles. The van der Waals surface area contributed by atoms with Crippen LogP contribution in [0.1, 0.15) is 71.6 Å². The van der Waals surface area contributed by atoms with Crippen molar-refractivity contribution in [1.29, 1.82) is 0 Å². The molecule has 364 valence electrons. The third-order valence-corrected chi connectivity index (χ3v) is 16.7. The standard InChI is InChI=1S/C72H50N4O/c1-72(2,3)46-36-37-73-68(40-46)76-65-28-13-11-21-54(65)55-35-32-49(42-67(55)76)77-48-17-14-16-47(41-48)74-43-75-64-27-12-10-20-53(64)51-19-5-4-18-50(51)52-33-30-44(38-62(52)61-26-15-29-66(74)71(61)75)45-31-34-60-63(39-45)70-58-24-8-6-22-56(58)69(60)57-23-7-9-25-59(57)70/h4-42,69-70H,1-3H3. The van der Waals surface area contributed by atoms with E-state index in [2.05, 4.69) is 265 Å². The van der Waals surface area contributed by atoms with E-state index in [4.69, 9.17) is 9.72 Å². The van der Waals surface area contributed by atoms with E-state index in [0.29, 0.717) is 0 Å². The first-order chi connectivity index (χ1) is 37.8. The second-order valence-corrected chi connectivity index (χ2v) is 22.0. The van der Waals surface area contributed by atoms with Gasteiger partial charge in [0.25, 0.3) is 6.33 Å². The summed E-state index contributed by atoms with van der Waals surface area (Å²) in [5.41, 5.74) is 25.5. The van der Waals surface area contributed by atoms with Crippen LogP contribution in [0.3, 0.4) is 0 Å². The molecule has 5 nitrogen and oxygen atoms in total. The molecule has 0 amide bonds. The third-order valence-electron chi connectivity index (χ3n) is 16.7. The number of benzene rings is 10. The smallest absolute Gasteiger partial charge is 0.269 e. The highest BCUT2D eigenvalue weighted by molar-refractivity contribution is 6.09. The van der Waals surface area contributed by atoms with Gasteiger partial charge in [-0.25, -0.2) is 4.98 Å². The van der Waals surface area contributed by atoms with Crippen LogP contribution in [-0.4, -0.2) is 14.1 Å². The number of hydrogen-bond acceptors (Lipinski definition) is 2. The van der Waals surface area contributed by atoms with E-state index in [1.165, 1.54) is 77.7 Å². The van der Waals surface area contributed by atoms with Crippen LogP contribution >= 0.6 is 0 Å². The Morgan fingerprint density at radius 3 is 1.83 bits per heavy atom. The zero-order valence-corrected chi connectivity index (χ0v) is 42.9. The first kappa shape index (κ1) is 43.8. The summed E-state index contributed by atoms with van der Waals surface area (Å²) in [6.07, 6.45) is 5.84. The Morgan fingerprint density at radius 1 is 0.442 bits per heavy atom. The van der Waals surface area contributed by atoms with Crippen molar-refractivity contribution in [3.63, 3.8) is 0 Å². The normalized spacial score (nSPS) is 14.7. The fourth-order valence-corrected chi connectivity index (χ4v) is 13.2. The largest absolute Gasteiger partial charge is 0.458 e. The summed E-state index contributed by atoms with van der Waals surface area (Å²) in [6, 6.07) is 84.6. The first-order valence-electron chi connectivity index (χ1n) is 26.8. The van der Waals surface area contributed by atoms with E-state index >= 15 is 0 Å². The summed E-state index contributed by atoms with van der Waals surface area (Å²) < 4.78 is 13.6. The Bertz CT molecular complexity index is 4570. The molecule has 0 radical (unpaired) electrons. The van der Waals surface area contributed by atoms with E-state index in [0.717, 1.165) is 67.3 Å². The Kier molecular flexibility index (Phi) is 9.36.